The van der Waals surface area contributed by atoms with E-state index in [-0.39, 0.29) is 11.7 Å². The van der Waals surface area contributed by atoms with Gasteiger partial charge in [-0.05, 0) is 18.8 Å². The minimum absolute atomic E-state index is 0.0170. The predicted octanol–water partition coefficient (Wildman–Crippen LogP) is 2.01. The van der Waals surface area contributed by atoms with Gasteiger partial charge in [0, 0.05) is 11.3 Å². The summed E-state index contributed by atoms with van der Waals surface area (Å²) in [6.07, 6.45) is 1.72. The summed E-state index contributed by atoms with van der Waals surface area (Å²) in [4.78, 5) is 11.8. The molecule has 0 amide bonds. The zero-order valence-electron chi connectivity index (χ0n) is 9.00. The highest BCUT2D eigenvalue weighted by molar-refractivity contribution is 5.86. The summed E-state index contributed by atoms with van der Waals surface area (Å²) in [6.45, 7) is 7.50. The van der Waals surface area contributed by atoms with Crippen LogP contribution in [0, 0.1) is 17.3 Å². The minimum Gasteiger partial charge on any atom is -0.392 e. The Labute approximate surface area is 80.3 Å². The lowest BCUT2D eigenvalue weighted by molar-refractivity contribution is -0.137. The van der Waals surface area contributed by atoms with E-state index in [1.807, 2.05) is 27.7 Å². The van der Waals surface area contributed by atoms with E-state index in [0.717, 1.165) is 12.8 Å². The van der Waals surface area contributed by atoms with Crippen molar-refractivity contribution in [1.29, 1.82) is 0 Å². The van der Waals surface area contributed by atoms with E-state index in [0.29, 0.717) is 5.92 Å². The number of ketones is 1. The predicted molar refractivity (Wildman–Crippen MR) is 52.4 cm³/mol. The molecule has 1 aliphatic rings. The van der Waals surface area contributed by atoms with Gasteiger partial charge in [-0.1, -0.05) is 27.7 Å². The molecule has 0 aromatic rings. The molecule has 0 spiro atoms. The van der Waals surface area contributed by atoms with E-state index in [1.165, 1.54) is 0 Å². The van der Waals surface area contributed by atoms with Crippen LogP contribution in [0.2, 0.25) is 0 Å². The molecule has 1 rings (SSSR count). The van der Waals surface area contributed by atoms with Gasteiger partial charge in [0.25, 0.3) is 0 Å². The van der Waals surface area contributed by atoms with Crippen LogP contribution in [-0.2, 0) is 4.79 Å². The number of carbonyl (C=O) groups excluding carboxylic acids is 1. The van der Waals surface area contributed by atoms with Crippen LogP contribution in [0.3, 0.4) is 0 Å². The molecule has 1 saturated carbocycles. The SMILES string of the molecule is CC(C)C(=O)C(C)(C)C(O)C1CC1. The first-order valence-corrected chi connectivity index (χ1v) is 5.09. The van der Waals surface area contributed by atoms with Crippen molar-refractivity contribution in [2.45, 2.75) is 46.6 Å². The van der Waals surface area contributed by atoms with Crippen molar-refractivity contribution in [3.8, 4) is 0 Å². The second-order valence-corrected chi connectivity index (χ2v) is 5.02. The molecule has 1 atom stereocenters. The van der Waals surface area contributed by atoms with Gasteiger partial charge in [0.05, 0.1) is 6.10 Å². The van der Waals surface area contributed by atoms with Crippen LogP contribution in [0.5, 0.6) is 0 Å². The molecule has 0 aromatic heterocycles. The fourth-order valence-corrected chi connectivity index (χ4v) is 1.89. The Bertz CT molecular complexity index is 202. The maximum absolute atomic E-state index is 11.8. The Morgan fingerprint density at radius 2 is 1.85 bits per heavy atom. The summed E-state index contributed by atoms with van der Waals surface area (Å²) in [5, 5.41) is 9.92. The van der Waals surface area contributed by atoms with Crippen LogP contribution in [0.1, 0.15) is 40.5 Å². The van der Waals surface area contributed by atoms with Gasteiger partial charge < -0.3 is 5.11 Å². The van der Waals surface area contributed by atoms with Crippen molar-refractivity contribution in [2.24, 2.45) is 17.3 Å². The van der Waals surface area contributed by atoms with Crippen LogP contribution in [0.4, 0.5) is 0 Å². The first-order chi connectivity index (χ1) is 5.87. The molecule has 0 heterocycles. The lowest BCUT2D eigenvalue weighted by atomic mass is 9.76. The molecule has 1 unspecified atom stereocenters. The molecule has 0 aliphatic heterocycles. The standard InChI is InChI=1S/C11H20O2/c1-7(2)9(12)11(3,4)10(13)8-5-6-8/h7-8,10,13H,5-6H2,1-4H3. The Morgan fingerprint density at radius 1 is 1.38 bits per heavy atom. The van der Waals surface area contributed by atoms with Gasteiger partial charge in [-0.25, -0.2) is 0 Å². The number of hydrogen-bond acceptors (Lipinski definition) is 2. The summed E-state index contributed by atoms with van der Waals surface area (Å²) >= 11 is 0. The molecular weight excluding hydrogens is 164 g/mol. The van der Waals surface area contributed by atoms with E-state index in [2.05, 4.69) is 0 Å². The topological polar surface area (TPSA) is 37.3 Å². The van der Waals surface area contributed by atoms with E-state index in [9.17, 15) is 9.90 Å². The molecule has 1 aliphatic carbocycles. The molecule has 2 heteroatoms. The van der Waals surface area contributed by atoms with Gasteiger partial charge >= 0.3 is 0 Å². The quantitative estimate of drug-likeness (QED) is 0.725. The number of hydrogen-bond donors (Lipinski definition) is 1. The van der Waals surface area contributed by atoms with Gasteiger partial charge in [-0.15, -0.1) is 0 Å². The lowest BCUT2D eigenvalue weighted by Crippen LogP contribution is -2.40. The summed E-state index contributed by atoms with van der Waals surface area (Å²) < 4.78 is 0. The van der Waals surface area contributed by atoms with E-state index < -0.39 is 11.5 Å². The first kappa shape index (κ1) is 10.7. The fourth-order valence-electron chi connectivity index (χ4n) is 1.89. The maximum Gasteiger partial charge on any atom is 0.143 e. The van der Waals surface area contributed by atoms with Crippen molar-refractivity contribution >= 4 is 5.78 Å². The fraction of sp³-hybridized carbons (Fsp3) is 0.909. The zero-order valence-corrected chi connectivity index (χ0v) is 9.00. The summed E-state index contributed by atoms with van der Waals surface area (Å²) in [7, 11) is 0. The Hall–Kier alpha value is -0.370. The molecule has 0 bridgehead atoms. The van der Waals surface area contributed by atoms with E-state index in [4.69, 9.17) is 0 Å². The highest BCUT2D eigenvalue weighted by atomic mass is 16.3. The van der Waals surface area contributed by atoms with Gasteiger partial charge in [0.15, 0.2) is 0 Å². The Balaban J connectivity index is 2.67. The van der Waals surface area contributed by atoms with Crippen LogP contribution in [-0.4, -0.2) is 17.0 Å². The Morgan fingerprint density at radius 3 is 2.15 bits per heavy atom. The van der Waals surface area contributed by atoms with Gasteiger partial charge in [0.1, 0.15) is 5.78 Å². The minimum atomic E-state index is -0.560. The number of aliphatic hydroxyl groups is 1. The average molecular weight is 184 g/mol. The van der Waals surface area contributed by atoms with Gasteiger partial charge in [-0.3, -0.25) is 4.79 Å². The van der Waals surface area contributed by atoms with Crippen LogP contribution in [0.25, 0.3) is 0 Å². The molecule has 0 aromatic carbocycles. The lowest BCUT2D eigenvalue weighted by Gasteiger charge is -2.30. The molecule has 76 valence electrons. The second-order valence-electron chi connectivity index (χ2n) is 5.02. The van der Waals surface area contributed by atoms with Crippen molar-refractivity contribution in [2.75, 3.05) is 0 Å². The van der Waals surface area contributed by atoms with Crippen LogP contribution in [0.15, 0.2) is 0 Å². The average Bonchev–Trinajstić information content (AvgIpc) is 2.83. The normalized spacial score (nSPS) is 20.5. The third-order valence-electron chi connectivity index (χ3n) is 2.97. The zero-order chi connectivity index (χ0) is 10.2. The Kier molecular flexibility index (Phi) is 2.81. The molecule has 0 radical (unpaired) electrons. The number of aliphatic hydroxyl groups excluding tert-OH is 1. The highest BCUT2D eigenvalue weighted by Gasteiger charge is 2.44. The third-order valence-corrected chi connectivity index (χ3v) is 2.97. The summed E-state index contributed by atoms with van der Waals surface area (Å²) in [6, 6.07) is 0. The monoisotopic (exact) mass is 184 g/mol. The third kappa shape index (κ3) is 2.11. The summed E-state index contributed by atoms with van der Waals surface area (Å²) in [5.41, 5.74) is -0.560. The number of carbonyl (C=O) groups is 1. The van der Waals surface area contributed by atoms with E-state index >= 15 is 0 Å². The molecule has 0 saturated heterocycles. The largest absolute Gasteiger partial charge is 0.392 e. The number of rotatable bonds is 4. The van der Waals surface area contributed by atoms with Crippen molar-refractivity contribution < 1.29 is 9.90 Å². The van der Waals surface area contributed by atoms with E-state index in [1.54, 1.807) is 0 Å². The highest BCUT2D eigenvalue weighted by Crippen LogP contribution is 2.41. The van der Waals surface area contributed by atoms with Gasteiger partial charge in [-0.2, -0.15) is 0 Å². The second kappa shape index (κ2) is 3.41. The first-order valence-electron chi connectivity index (χ1n) is 5.09. The van der Waals surface area contributed by atoms with Crippen LogP contribution < -0.4 is 0 Å². The van der Waals surface area contributed by atoms with Crippen LogP contribution >= 0.6 is 0 Å². The van der Waals surface area contributed by atoms with Crippen molar-refractivity contribution in [3.63, 3.8) is 0 Å². The molecule has 1 N–H and O–H groups in total. The maximum atomic E-state index is 11.8. The van der Waals surface area contributed by atoms with Crippen molar-refractivity contribution in [1.82, 2.24) is 0 Å². The molecule has 13 heavy (non-hydrogen) atoms. The molecule has 2 nitrogen and oxygen atoms in total. The number of Topliss-reactive ketones (excluding diaryl/α,β-unsaturated/α-hetero) is 1. The molecule has 1 fully saturated rings. The van der Waals surface area contributed by atoms with Crippen molar-refractivity contribution in [3.05, 3.63) is 0 Å². The smallest absolute Gasteiger partial charge is 0.143 e. The summed E-state index contributed by atoms with van der Waals surface area (Å²) in [5.74, 6) is 0.563. The molecular formula is C11H20O2. The van der Waals surface area contributed by atoms with Gasteiger partial charge in [0.2, 0.25) is 0 Å².